The summed E-state index contributed by atoms with van der Waals surface area (Å²) < 4.78 is 18.9. The molecule has 2 N–H and O–H groups in total. The number of morpholine rings is 1. The maximum atomic E-state index is 13.1. The van der Waals surface area contributed by atoms with Gasteiger partial charge in [0, 0.05) is 25.7 Å². The first-order valence-electron chi connectivity index (χ1n) is 8.51. The lowest BCUT2D eigenvalue weighted by Gasteiger charge is -2.41. The van der Waals surface area contributed by atoms with Crippen LogP contribution in [0, 0.1) is 5.82 Å². The van der Waals surface area contributed by atoms with Gasteiger partial charge in [-0.25, -0.2) is 9.37 Å². The number of carbonyl (C=O) groups excluding carboxylic acids is 1. The van der Waals surface area contributed by atoms with E-state index < -0.39 is 5.60 Å². The van der Waals surface area contributed by atoms with Crippen molar-refractivity contribution >= 4 is 11.7 Å². The van der Waals surface area contributed by atoms with E-state index in [2.05, 4.69) is 10.3 Å². The monoisotopic (exact) mass is 359 g/mol. The van der Waals surface area contributed by atoms with Crippen LogP contribution in [0.5, 0.6) is 0 Å². The molecular formula is C19H22FN3O3. The van der Waals surface area contributed by atoms with E-state index in [1.165, 1.54) is 12.1 Å². The first-order chi connectivity index (χ1) is 12.6. The van der Waals surface area contributed by atoms with Crippen LogP contribution in [0.2, 0.25) is 0 Å². The fourth-order valence-corrected chi connectivity index (χ4v) is 3.11. The lowest BCUT2D eigenvalue weighted by Crippen LogP contribution is -2.56. The van der Waals surface area contributed by atoms with Gasteiger partial charge < -0.3 is 15.2 Å². The highest BCUT2D eigenvalue weighted by Crippen LogP contribution is 2.23. The van der Waals surface area contributed by atoms with Crippen molar-refractivity contribution in [2.45, 2.75) is 12.0 Å². The third-order valence-electron chi connectivity index (χ3n) is 4.35. The van der Waals surface area contributed by atoms with Crippen LogP contribution >= 0.6 is 0 Å². The van der Waals surface area contributed by atoms with E-state index >= 15 is 0 Å². The molecule has 3 rings (SSSR count). The summed E-state index contributed by atoms with van der Waals surface area (Å²) in [4.78, 5) is 18.3. The average Bonchev–Trinajstić information content (AvgIpc) is 2.65. The summed E-state index contributed by atoms with van der Waals surface area (Å²) in [5, 5.41) is 12.7. The Labute approximate surface area is 151 Å². The Hall–Kier alpha value is -2.35. The van der Waals surface area contributed by atoms with E-state index in [0.29, 0.717) is 31.9 Å². The Morgan fingerprint density at radius 1 is 1.31 bits per heavy atom. The summed E-state index contributed by atoms with van der Waals surface area (Å²) in [5.74, 6) is 0.0360. The number of aromatic nitrogens is 1. The largest absolute Gasteiger partial charge is 0.393 e. The van der Waals surface area contributed by atoms with Gasteiger partial charge in [-0.05, 0) is 29.8 Å². The molecule has 0 radical (unpaired) electrons. The third-order valence-corrected chi connectivity index (χ3v) is 4.35. The first-order valence-corrected chi connectivity index (χ1v) is 8.51. The number of nitrogens with zero attached hydrogens (tertiary/aromatic N) is 2. The lowest BCUT2D eigenvalue weighted by atomic mass is 9.93. The number of amides is 1. The fraction of sp³-hybridized carbons (Fsp3) is 0.368. The fourth-order valence-electron chi connectivity index (χ4n) is 3.11. The molecule has 26 heavy (non-hydrogen) atoms. The highest BCUT2D eigenvalue weighted by molar-refractivity contribution is 5.91. The second-order valence-corrected chi connectivity index (χ2v) is 6.47. The number of halogens is 1. The van der Waals surface area contributed by atoms with Crippen LogP contribution in [-0.4, -0.2) is 59.3 Å². The minimum atomic E-state index is -0.804. The Bertz CT molecular complexity index is 727. The van der Waals surface area contributed by atoms with E-state index in [-0.39, 0.29) is 24.9 Å². The SMILES string of the molecule is O=C(CN1CCOC(CO)(Cc2ccc(F)cc2)C1)Nc1ccccn1. The number of rotatable bonds is 6. The molecule has 1 atom stereocenters. The zero-order chi connectivity index (χ0) is 18.4. The number of aliphatic hydroxyl groups is 1. The number of hydrogen-bond acceptors (Lipinski definition) is 5. The molecule has 1 aromatic carbocycles. The highest BCUT2D eigenvalue weighted by atomic mass is 19.1. The Kier molecular flexibility index (Phi) is 5.92. The van der Waals surface area contributed by atoms with Crippen LogP contribution in [0.25, 0.3) is 0 Å². The van der Waals surface area contributed by atoms with E-state index in [9.17, 15) is 14.3 Å². The predicted molar refractivity (Wildman–Crippen MR) is 95.2 cm³/mol. The zero-order valence-electron chi connectivity index (χ0n) is 14.4. The molecule has 1 aliphatic rings. The lowest BCUT2D eigenvalue weighted by molar-refractivity contribution is -0.138. The first kappa shape index (κ1) is 18.4. The number of ether oxygens (including phenoxy) is 1. The van der Waals surface area contributed by atoms with E-state index in [0.717, 1.165) is 5.56 Å². The van der Waals surface area contributed by atoms with Crippen molar-refractivity contribution in [2.75, 3.05) is 38.2 Å². The maximum absolute atomic E-state index is 13.1. The second-order valence-electron chi connectivity index (χ2n) is 6.47. The van der Waals surface area contributed by atoms with Crippen LogP contribution in [-0.2, 0) is 16.0 Å². The summed E-state index contributed by atoms with van der Waals surface area (Å²) >= 11 is 0. The molecule has 1 aromatic heterocycles. The number of anilines is 1. The molecule has 7 heteroatoms. The molecule has 0 saturated carbocycles. The summed E-state index contributed by atoms with van der Waals surface area (Å²) in [6, 6.07) is 11.5. The van der Waals surface area contributed by atoms with Crippen LogP contribution < -0.4 is 5.32 Å². The standard InChI is InChI=1S/C19H22FN3O3/c20-16-6-4-15(5-7-16)11-19(14-24)13-23(9-10-26-19)12-18(25)22-17-3-1-2-8-21-17/h1-8,24H,9-14H2,(H,21,22,25). The molecule has 2 heterocycles. The van der Waals surface area contributed by atoms with Gasteiger partial charge in [0.1, 0.15) is 17.2 Å². The maximum Gasteiger partial charge on any atom is 0.239 e. The predicted octanol–water partition coefficient (Wildman–Crippen LogP) is 1.47. The van der Waals surface area contributed by atoms with Crippen molar-refractivity contribution in [1.82, 2.24) is 9.88 Å². The molecular weight excluding hydrogens is 337 g/mol. The minimum absolute atomic E-state index is 0.167. The van der Waals surface area contributed by atoms with Gasteiger partial charge in [0.15, 0.2) is 0 Å². The molecule has 1 fully saturated rings. The molecule has 1 saturated heterocycles. The van der Waals surface area contributed by atoms with Crippen molar-refractivity contribution in [3.05, 3.63) is 60.0 Å². The second kappa shape index (κ2) is 8.35. The van der Waals surface area contributed by atoms with E-state index in [1.54, 1.807) is 36.5 Å². The zero-order valence-corrected chi connectivity index (χ0v) is 14.4. The van der Waals surface area contributed by atoms with Gasteiger partial charge in [-0.3, -0.25) is 9.69 Å². The third kappa shape index (κ3) is 4.85. The normalized spacial score (nSPS) is 20.7. The van der Waals surface area contributed by atoms with Gasteiger partial charge in [-0.2, -0.15) is 0 Å². The van der Waals surface area contributed by atoms with Crippen molar-refractivity contribution in [3.8, 4) is 0 Å². The van der Waals surface area contributed by atoms with Crippen molar-refractivity contribution in [1.29, 1.82) is 0 Å². The van der Waals surface area contributed by atoms with Gasteiger partial charge in [-0.1, -0.05) is 18.2 Å². The molecule has 0 bridgehead atoms. The number of benzene rings is 1. The van der Waals surface area contributed by atoms with Gasteiger partial charge in [0.25, 0.3) is 0 Å². The quantitative estimate of drug-likeness (QED) is 0.817. The van der Waals surface area contributed by atoms with Gasteiger partial charge in [-0.15, -0.1) is 0 Å². The number of hydrogen-bond donors (Lipinski definition) is 2. The molecule has 1 aliphatic heterocycles. The Morgan fingerprint density at radius 2 is 2.12 bits per heavy atom. The molecule has 0 aliphatic carbocycles. The van der Waals surface area contributed by atoms with E-state index in [4.69, 9.17) is 4.74 Å². The molecule has 2 aromatic rings. The van der Waals surface area contributed by atoms with Crippen LogP contribution in [0.1, 0.15) is 5.56 Å². The van der Waals surface area contributed by atoms with Crippen molar-refractivity contribution in [2.24, 2.45) is 0 Å². The number of pyridine rings is 1. The Balaban J connectivity index is 1.61. The molecule has 6 nitrogen and oxygen atoms in total. The van der Waals surface area contributed by atoms with Crippen LogP contribution in [0.3, 0.4) is 0 Å². The highest BCUT2D eigenvalue weighted by Gasteiger charge is 2.37. The van der Waals surface area contributed by atoms with Gasteiger partial charge in [0.05, 0.1) is 19.8 Å². The summed E-state index contributed by atoms with van der Waals surface area (Å²) in [6.45, 7) is 1.43. The minimum Gasteiger partial charge on any atom is -0.393 e. The molecule has 138 valence electrons. The molecule has 1 amide bonds. The summed E-state index contributed by atoms with van der Waals surface area (Å²) in [6.07, 6.45) is 2.06. The van der Waals surface area contributed by atoms with Crippen LogP contribution in [0.15, 0.2) is 48.7 Å². The summed E-state index contributed by atoms with van der Waals surface area (Å²) in [7, 11) is 0. The molecule has 0 spiro atoms. The van der Waals surface area contributed by atoms with Crippen LogP contribution in [0.4, 0.5) is 10.2 Å². The van der Waals surface area contributed by atoms with E-state index in [1.807, 2.05) is 4.90 Å². The van der Waals surface area contributed by atoms with Gasteiger partial charge >= 0.3 is 0 Å². The topological polar surface area (TPSA) is 74.7 Å². The average molecular weight is 359 g/mol. The van der Waals surface area contributed by atoms with Crippen molar-refractivity contribution in [3.63, 3.8) is 0 Å². The number of nitrogens with one attached hydrogen (secondary N) is 1. The smallest absolute Gasteiger partial charge is 0.239 e. The van der Waals surface area contributed by atoms with Gasteiger partial charge in [0.2, 0.25) is 5.91 Å². The van der Waals surface area contributed by atoms with Crippen molar-refractivity contribution < 1.29 is 19.0 Å². The summed E-state index contributed by atoms with van der Waals surface area (Å²) in [5.41, 5.74) is 0.0710. The number of aliphatic hydroxyl groups excluding tert-OH is 1. The Morgan fingerprint density at radius 3 is 2.81 bits per heavy atom. The number of carbonyl (C=O) groups is 1. The molecule has 1 unspecified atom stereocenters.